The Hall–Kier alpha value is -4.11. The number of rotatable bonds is 9. The Bertz CT molecular complexity index is 1480. The van der Waals surface area contributed by atoms with E-state index in [1.54, 1.807) is 4.68 Å². The van der Waals surface area contributed by atoms with Crippen molar-refractivity contribution in [2.24, 2.45) is 0 Å². The highest BCUT2D eigenvalue weighted by Gasteiger charge is 2.19. The largest absolute Gasteiger partial charge is 0.490 e. The smallest absolute Gasteiger partial charge is 0.252 e. The molecule has 5 rings (SSSR count). The number of aromatic nitrogens is 4. The molecule has 0 fully saturated rings. The van der Waals surface area contributed by atoms with Gasteiger partial charge in [-0.15, -0.1) is 16.9 Å². The van der Waals surface area contributed by atoms with E-state index in [0.717, 1.165) is 16.0 Å². The minimum atomic E-state index is -0.331. The average molecular weight is 500 g/mol. The minimum Gasteiger partial charge on any atom is -0.490 e. The van der Waals surface area contributed by atoms with Crippen LogP contribution < -0.4 is 10.1 Å². The van der Waals surface area contributed by atoms with E-state index in [0.29, 0.717) is 40.8 Å². The number of hydrogen-bond acceptors (Lipinski definition) is 7. The summed E-state index contributed by atoms with van der Waals surface area (Å²) in [5.41, 5.74) is 2.15. The van der Waals surface area contributed by atoms with Crippen LogP contribution in [0.4, 0.5) is 0 Å². The highest BCUT2D eigenvalue weighted by atomic mass is 32.2. The van der Waals surface area contributed by atoms with Crippen molar-refractivity contribution in [1.29, 1.82) is 0 Å². The molecule has 36 heavy (non-hydrogen) atoms. The zero-order chi connectivity index (χ0) is 24.9. The van der Waals surface area contributed by atoms with Crippen molar-refractivity contribution >= 4 is 28.6 Å². The van der Waals surface area contributed by atoms with Gasteiger partial charge in [0.15, 0.2) is 17.2 Å². The molecule has 5 aromatic rings. The molecular weight excluding hydrogens is 474 g/mol. The molecule has 1 atom stereocenters. The Labute approximate surface area is 212 Å². The number of carbonyl (C=O) groups excluding carboxylic acids is 1. The predicted octanol–water partition coefficient (Wildman–Crippen LogP) is 5.59. The summed E-state index contributed by atoms with van der Waals surface area (Å²) in [7, 11) is 0. The molecule has 0 spiro atoms. The number of amides is 1. The third-order valence-electron chi connectivity index (χ3n) is 5.62. The van der Waals surface area contributed by atoms with Crippen LogP contribution >= 0.6 is 11.8 Å². The van der Waals surface area contributed by atoms with E-state index in [4.69, 9.17) is 9.15 Å². The summed E-state index contributed by atoms with van der Waals surface area (Å²) in [6, 6.07) is 24.6. The number of tetrazole rings is 1. The van der Waals surface area contributed by atoms with Crippen LogP contribution in [0, 0.1) is 0 Å². The molecule has 8 nitrogen and oxygen atoms in total. The highest BCUT2D eigenvalue weighted by molar-refractivity contribution is 7.98. The molecule has 3 aromatic carbocycles. The third kappa shape index (κ3) is 4.96. The molecule has 0 aliphatic rings. The summed E-state index contributed by atoms with van der Waals surface area (Å²) in [6.07, 6.45) is 0. The lowest BCUT2D eigenvalue weighted by atomic mass is 10.1. The number of benzene rings is 3. The second kappa shape index (κ2) is 10.7. The Morgan fingerprint density at radius 2 is 1.89 bits per heavy atom. The van der Waals surface area contributed by atoms with Crippen LogP contribution in [0.3, 0.4) is 0 Å². The number of nitrogens with one attached hydrogen (secondary N) is 1. The third-order valence-corrected chi connectivity index (χ3v) is 6.69. The Kier molecular flexibility index (Phi) is 6.99. The minimum absolute atomic E-state index is 0.182. The highest BCUT2D eigenvalue weighted by Crippen LogP contribution is 2.32. The van der Waals surface area contributed by atoms with E-state index in [9.17, 15) is 4.79 Å². The molecule has 1 N–H and O–H groups in total. The van der Waals surface area contributed by atoms with Gasteiger partial charge in [0.25, 0.3) is 5.91 Å². The van der Waals surface area contributed by atoms with Gasteiger partial charge < -0.3 is 14.5 Å². The molecule has 0 radical (unpaired) electrons. The van der Waals surface area contributed by atoms with E-state index in [1.807, 2.05) is 92.7 Å². The molecule has 2 aromatic heterocycles. The number of ether oxygens (including phenoxy) is 1. The molecule has 182 valence electrons. The lowest BCUT2D eigenvalue weighted by molar-refractivity contribution is 0.0932. The van der Waals surface area contributed by atoms with Crippen molar-refractivity contribution in [1.82, 2.24) is 25.5 Å². The zero-order valence-corrected chi connectivity index (χ0v) is 20.7. The molecule has 0 bridgehead atoms. The summed E-state index contributed by atoms with van der Waals surface area (Å²) in [4.78, 5) is 14.1. The summed E-state index contributed by atoms with van der Waals surface area (Å²) < 4.78 is 13.4. The number of fused-ring (bicyclic) bond motifs is 1. The van der Waals surface area contributed by atoms with Crippen LogP contribution in [0.2, 0.25) is 0 Å². The molecule has 0 saturated heterocycles. The van der Waals surface area contributed by atoms with Crippen LogP contribution in [0.25, 0.3) is 16.7 Å². The summed E-state index contributed by atoms with van der Waals surface area (Å²) >= 11 is 1.51. The van der Waals surface area contributed by atoms with Crippen LogP contribution in [-0.2, 0) is 5.75 Å². The maximum atomic E-state index is 13.2. The molecule has 0 aliphatic heterocycles. The molecular formula is C27H25N5O3S. The zero-order valence-electron chi connectivity index (χ0n) is 19.9. The van der Waals surface area contributed by atoms with E-state index in [2.05, 4.69) is 20.8 Å². The molecule has 1 amide bonds. The molecule has 9 heteroatoms. The summed E-state index contributed by atoms with van der Waals surface area (Å²) in [6.45, 7) is 4.39. The van der Waals surface area contributed by atoms with E-state index < -0.39 is 0 Å². The normalized spacial score (nSPS) is 11.9. The van der Waals surface area contributed by atoms with Gasteiger partial charge in [0.1, 0.15) is 5.76 Å². The fraction of sp³-hybridized carbons (Fsp3) is 0.185. The van der Waals surface area contributed by atoms with Crippen LogP contribution in [0.5, 0.6) is 5.75 Å². The summed E-state index contributed by atoms with van der Waals surface area (Å²) in [5, 5.41) is 16.1. The fourth-order valence-electron chi connectivity index (χ4n) is 3.87. The first-order valence-corrected chi connectivity index (χ1v) is 12.6. The van der Waals surface area contributed by atoms with Gasteiger partial charge in [-0.05, 0) is 60.7 Å². The van der Waals surface area contributed by atoms with Crippen molar-refractivity contribution in [3.05, 3.63) is 96.0 Å². The first-order chi connectivity index (χ1) is 17.6. The first-order valence-electron chi connectivity index (χ1n) is 11.6. The van der Waals surface area contributed by atoms with E-state index >= 15 is 0 Å². The van der Waals surface area contributed by atoms with Crippen molar-refractivity contribution in [2.75, 3.05) is 6.61 Å². The van der Waals surface area contributed by atoms with Crippen LogP contribution in [0.15, 0.2) is 88.2 Å². The average Bonchev–Trinajstić information content (AvgIpc) is 3.56. The van der Waals surface area contributed by atoms with Gasteiger partial charge in [-0.25, -0.2) is 0 Å². The van der Waals surface area contributed by atoms with Crippen molar-refractivity contribution in [2.45, 2.75) is 30.5 Å². The van der Waals surface area contributed by atoms with Gasteiger partial charge in [0.05, 0.1) is 29.7 Å². The lowest BCUT2D eigenvalue weighted by Crippen LogP contribution is -2.26. The Balaban J connectivity index is 1.31. The van der Waals surface area contributed by atoms with E-state index in [-0.39, 0.29) is 11.9 Å². The van der Waals surface area contributed by atoms with Gasteiger partial charge >= 0.3 is 0 Å². The Morgan fingerprint density at radius 3 is 2.72 bits per heavy atom. The second-order valence-electron chi connectivity index (χ2n) is 8.08. The summed E-state index contributed by atoms with van der Waals surface area (Å²) in [5.74, 6) is 2.38. The molecule has 0 saturated carbocycles. The maximum absolute atomic E-state index is 13.2. The van der Waals surface area contributed by atoms with Gasteiger partial charge in [0, 0.05) is 10.3 Å². The number of nitrogens with zero attached hydrogens (tertiary/aromatic N) is 4. The molecule has 0 aliphatic carbocycles. The van der Waals surface area contributed by atoms with E-state index in [1.165, 1.54) is 11.8 Å². The number of thioether (sulfide) groups is 1. The quantitative estimate of drug-likeness (QED) is 0.264. The van der Waals surface area contributed by atoms with Gasteiger partial charge in [-0.2, -0.15) is 4.68 Å². The fourth-order valence-corrected chi connectivity index (χ4v) is 4.83. The van der Waals surface area contributed by atoms with Gasteiger partial charge in [-0.1, -0.05) is 42.5 Å². The second-order valence-corrected chi connectivity index (χ2v) is 9.10. The maximum Gasteiger partial charge on any atom is 0.252 e. The first kappa shape index (κ1) is 23.6. The van der Waals surface area contributed by atoms with Crippen molar-refractivity contribution in [3.63, 3.8) is 0 Å². The number of hydrogen-bond donors (Lipinski definition) is 1. The predicted molar refractivity (Wildman–Crippen MR) is 138 cm³/mol. The van der Waals surface area contributed by atoms with Gasteiger partial charge in [-0.3, -0.25) is 4.79 Å². The molecule has 1 unspecified atom stereocenters. The lowest BCUT2D eigenvalue weighted by Gasteiger charge is -2.14. The van der Waals surface area contributed by atoms with Crippen LogP contribution in [-0.4, -0.2) is 32.7 Å². The van der Waals surface area contributed by atoms with Crippen molar-refractivity contribution < 1.29 is 13.9 Å². The standard InChI is InChI=1S/C27H25N5O3S/c1-3-34-22-14-9-10-19-16-23(35-26(19)22)18(2)28-27(33)21-13-7-8-15-24(21)36-17-25-29-30-31-32(25)20-11-5-4-6-12-20/h4-16,18H,3,17H2,1-2H3,(H,28,33). The SMILES string of the molecule is CCOc1cccc2cc(C(C)NC(=O)c3ccccc3SCc3nnnn3-c3ccccc3)oc12. The Morgan fingerprint density at radius 1 is 1.08 bits per heavy atom. The molecule has 2 heterocycles. The van der Waals surface area contributed by atoms with Gasteiger partial charge in [0.2, 0.25) is 0 Å². The number of furan rings is 1. The van der Waals surface area contributed by atoms with Crippen molar-refractivity contribution in [3.8, 4) is 11.4 Å². The number of para-hydroxylation sites is 2. The number of carbonyl (C=O) groups is 1. The topological polar surface area (TPSA) is 95.1 Å². The van der Waals surface area contributed by atoms with Crippen LogP contribution in [0.1, 0.15) is 41.8 Å². The monoisotopic (exact) mass is 499 g/mol.